The van der Waals surface area contributed by atoms with Crippen LogP contribution in [0.1, 0.15) is 10.5 Å². The third-order valence-corrected chi connectivity index (χ3v) is 2.01. The highest BCUT2D eigenvalue weighted by Crippen LogP contribution is 2.13. The van der Waals surface area contributed by atoms with Crippen LogP contribution in [0, 0.1) is 0 Å². The van der Waals surface area contributed by atoms with Gasteiger partial charge in [0.25, 0.3) is 0 Å². The largest absolute Gasteiger partial charge is 0.460 e. The van der Waals surface area contributed by atoms with Gasteiger partial charge in [-0.25, -0.2) is 14.8 Å². The van der Waals surface area contributed by atoms with Gasteiger partial charge in [-0.2, -0.15) is 0 Å². The second-order valence-electron chi connectivity index (χ2n) is 2.79. The number of carbonyl (C=O) groups excluding carboxylic acids is 1. The molecule has 5 nitrogen and oxygen atoms in total. The summed E-state index contributed by atoms with van der Waals surface area (Å²) in [5, 5.41) is 0.650. The number of nitrogens with zero attached hydrogens (tertiary/aromatic N) is 2. The minimum Gasteiger partial charge on any atom is -0.460 e. The first-order chi connectivity index (χ1) is 7.33. The molecule has 0 bridgehead atoms. The van der Waals surface area contributed by atoms with Crippen molar-refractivity contribution in [3.63, 3.8) is 0 Å². The van der Waals surface area contributed by atoms with E-state index in [-0.39, 0.29) is 18.2 Å². The fraction of sp³-hybridized carbons (Fsp3) is 0.222. The standard InChI is InChI=1S/C9H8ClN3O2/c10-2-4-15-9(14)7-6-1-3-11-8(6)13-5-12-7/h1,3,5H,2,4H2,(H,11,12,13). The molecule has 15 heavy (non-hydrogen) atoms. The Morgan fingerprint density at radius 3 is 3.20 bits per heavy atom. The SMILES string of the molecule is O=C(OCCCl)c1ncnc2[nH]ccc12. The molecular formula is C9H8ClN3O2. The summed E-state index contributed by atoms with van der Waals surface area (Å²) in [5.74, 6) is -0.213. The number of halogens is 1. The van der Waals surface area contributed by atoms with Gasteiger partial charge in [0.1, 0.15) is 18.6 Å². The van der Waals surface area contributed by atoms with Crippen LogP contribution in [0.2, 0.25) is 0 Å². The first kappa shape index (κ1) is 9.92. The van der Waals surface area contributed by atoms with Crippen molar-refractivity contribution in [2.75, 3.05) is 12.5 Å². The molecule has 0 aliphatic rings. The molecule has 1 N–H and O–H groups in total. The minimum absolute atomic E-state index is 0.177. The van der Waals surface area contributed by atoms with Crippen LogP contribution in [0.25, 0.3) is 11.0 Å². The highest BCUT2D eigenvalue weighted by atomic mass is 35.5. The average Bonchev–Trinajstić information content (AvgIpc) is 2.73. The maximum Gasteiger partial charge on any atom is 0.357 e. The van der Waals surface area contributed by atoms with E-state index in [4.69, 9.17) is 16.3 Å². The van der Waals surface area contributed by atoms with Crippen LogP contribution in [0.4, 0.5) is 0 Å². The van der Waals surface area contributed by atoms with Gasteiger partial charge in [0, 0.05) is 6.20 Å². The number of ether oxygens (including phenoxy) is 1. The van der Waals surface area contributed by atoms with E-state index in [1.165, 1.54) is 6.33 Å². The molecule has 0 atom stereocenters. The van der Waals surface area contributed by atoms with Crippen LogP contribution in [-0.4, -0.2) is 33.4 Å². The zero-order chi connectivity index (χ0) is 10.7. The summed E-state index contributed by atoms with van der Waals surface area (Å²) in [6.45, 7) is 0.177. The summed E-state index contributed by atoms with van der Waals surface area (Å²) in [7, 11) is 0. The van der Waals surface area contributed by atoms with Gasteiger partial charge in [0.2, 0.25) is 0 Å². The summed E-state index contributed by atoms with van der Waals surface area (Å²) >= 11 is 5.41. The molecule has 0 fully saturated rings. The number of aromatic amines is 1. The summed E-state index contributed by atoms with van der Waals surface area (Å²) in [4.78, 5) is 22.3. The lowest BCUT2D eigenvalue weighted by Gasteiger charge is -2.01. The molecule has 2 heterocycles. The second kappa shape index (κ2) is 4.27. The highest BCUT2D eigenvalue weighted by molar-refractivity contribution is 6.18. The van der Waals surface area contributed by atoms with Crippen molar-refractivity contribution in [1.29, 1.82) is 0 Å². The van der Waals surface area contributed by atoms with Gasteiger partial charge < -0.3 is 9.72 Å². The lowest BCUT2D eigenvalue weighted by atomic mass is 10.3. The van der Waals surface area contributed by atoms with Crippen molar-refractivity contribution in [2.45, 2.75) is 0 Å². The fourth-order valence-electron chi connectivity index (χ4n) is 1.23. The topological polar surface area (TPSA) is 67.9 Å². The van der Waals surface area contributed by atoms with Crippen molar-refractivity contribution in [1.82, 2.24) is 15.0 Å². The molecule has 0 radical (unpaired) electrons. The number of rotatable bonds is 3. The van der Waals surface area contributed by atoms with E-state index in [1.54, 1.807) is 12.3 Å². The Bertz CT molecular complexity index is 483. The molecule has 2 aromatic rings. The third-order valence-electron chi connectivity index (χ3n) is 1.86. The van der Waals surface area contributed by atoms with Crippen LogP contribution in [0.5, 0.6) is 0 Å². The summed E-state index contributed by atoms with van der Waals surface area (Å²) in [6.07, 6.45) is 3.01. The summed E-state index contributed by atoms with van der Waals surface area (Å²) < 4.78 is 4.88. The first-order valence-corrected chi connectivity index (χ1v) is 4.87. The molecule has 0 spiro atoms. The van der Waals surface area contributed by atoms with Gasteiger partial charge in [-0.05, 0) is 6.07 Å². The van der Waals surface area contributed by atoms with E-state index >= 15 is 0 Å². The monoisotopic (exact) mass is 225 g/mol. The van der Waals surface area contributed by atoms with Crippen LogP contribution in [0.15, 0.2) is 18.6 Å². The molecular weight excluding hydrogens is 218 g/mol. The lowest BCUT2D eigenvalue weighted by molar-refractivity contribution is 0.0524. The Kier molecular flexibility index (Phi) is 2.82. The van der Waals surface area contributed by atoms with Crippen molar-refractivity contribution in [3.05, 3.63) is 24.3 Å². The number of hydrogen-bond acceptors (Lipinski definition) is 4. The van der Waals surface area contributed by atoms with Gasteiger partial charge in [-0.3, -0.25) is 0 Å². The molecule has 0 saturated heterocycles. The molecule has 0 saturated carbocycles. The van der Waals surface area contributed by atoms with E-state index in [0.29, 0.717) is 11.0 Å². The number of hydrogen-bond donors (Lipinski definition) is 1. The normalized spacial score (nSPS) is 10.5. The summed E-state index contributed by atoms with van der Waals surface area (Å²) in [5.41, 5.74) is 0.870. The zero-order valence-electron chi connectivity index (χ0n) is 7.74. The predicted molar refractivity (Wildman–Crippen MR) is 54.9 cm³/mol. The van der Waals surface area contributed by atoms with Crippen LogP contribution in [-0.2, 0) is 4.74 Å². The van der Waals surface area contributed by atoms with Gasteiger partial charge in [0.05, 0.1) is 11.3 Å². The van der Waals surface area contributed by atoms with Gasteiger partial charge in [0.15, 0.2) is 5.69 Å². The number of fused-ring (bicyclic) bond motifs is 1. The van der Waals surface area contributed by atoms with E-state index < -0.39 is 5.97 Å². The maximum absolute atomic E-state index is 11.5. The first-order valence-electron chi connectivity index (χ1n) is 4.34. The van der Waals surface area contributed by atoms with Gasteiger partial charge >= 0.3 is 5.97 Å². The fourth-order valence-corrected chi connectivity index (χ4v) is 1.31. The van der Waals surface area contributed by atoms with Crippen LogP contribution >= 0.6 is 11.6 Å². The Labute approximate surface area is 90.4 Å². The molecule has 0 amide bonds. The molecule has 0 aliphatic heterocycles. The Balaban J connectivity index is 2.34. The van der Waals surface area contributed by atoms with E-state index in [9.17, 15) is 4.79 Å². The van der Waals surface area contributed by atoms with Crippen molar-refractivity contribution < 1.29 is 9.53 Å². The van der Waals surface area contributed by atoms with Crippen molar-refractivity contribution in [3.8, 4) is 0 Å². The van der Waals surface area contributed by atoms with Crippen molar-refractivity contribution >= 4 is 28.6 Å². The quantitative estimate of drug-likeness (QED) is 0.633. The Morgan fingerprint density at radius 1 is 1.53 bits per heavy atom. The maximum atomic E-state index is 11.5. The number of carbonyl (C=O) groups is 1. The second-order valence-corrected chi connectivity index (χ2v) is 3.17. The van der Waals surface area contributed by atoms with E-state index in [0.717, 1.165) is 0 Å². The Morgan fingerprint density at radius 2 is 2.40 bits per heavy atom. The molecule has 78 valence electrons. The number of alkyl halides is 1. The van der Waals surface area contributed by atoms with Gasteiger partial charge in [-0.1, -0.05) is 0 Å². The van der Waals surface area contributed by atoms with E-state index in [2.05, 4.69) is 15.0 Å². The molecule has 2 aromatic heterocycles. The van der Waals surface area contributed by atoms with Crippen LogP contribution in [0.3, 0.4) is 0 Å². The molecule has 6 heteroatoms. The van der Waals surface area contributed by atoms with E-state index in [1.807, 2.05) is 0 Å². The molecule has 0 unspecified atom stereocenters. The predicted octanol–water partition coefficient (Wildman–Crippen LogP) is 1.35. The smallest absolute Gasteiger partial charge is 0.357 e. The highest BCUT2D eigenvalue weighted by Gasteiger charge is 2.13. The third kappa shape index (κ3) is 1.92. The lowest BCUT2D eigenvalue weighted by Crippen LogP contribution is -2.09. The average molecular weight is 226 g/mol. The molecule has 0 aromatic carbocycles. The molecule has 0 aliphatic carbocycles. The van der Waals surface area contributed by atoms with Gasteiger partial charge in [-0.15, -0.1) is 11.6 Å². The zero-order valence-corrected chi connectivity index (χ0v) is 8.49. The number of aromatic nitrogens is 3. The Hall–Kier alpha value is -1.62. The number of esters is 1. The minimum atomic E-state index is -0.484. The number of H-pyrrole nitrogens is 1. The number of nitrogens with one attached hydrogen (secondary N) is 1. The molecule has 2 rings (SSSR count). The summed E-state index contributed by atoms with van der Waals surface area (Å²) in [6, 6.07) is 1.73. The van der Waals surface area contributed by atoms with Crippen LogP contribution < -0.4 is 0 Å². The van der Waals surface area contributed by atoms with Crippen molar-refractivity contribution in [2.24, 2.45) is 0 Å².